The lowest BCUT2D eigenvalue weighted by atomic mass is 9.96. The van der Waals surface area contributed by atoms with Crippen molar-refractivity contribution in [3.05, 3.63) is 70.8 Å². The van der Waals surface area contributed by atoms with E-state index in [9.17, 15) is 4.79 Å². The molecular weight excluding hydrogens is 464 g/mol. The van der Waals surface area contributed by atoms with E-state index in [0.29, 0.717) is 24.7 Å². The molecule has 35 heavy (non-hydrogen) atoms. The highest BCUT2D eigenvalue weighted by atomic mass is 35.5. The van der Waals surface area contributed by atoms with E-state index in [2.05, 4.69) is 57.8 Å². The van der Waals surface area contributed by atoms with Crippen molar-refractivity contribution in [2.75, 3.05) is 6.61 Å². The largest absolute Gasteiger partial charge is 0.357 e. The topological polar surface area (TPSA) is 87.7 Å². The summed E-state index contributed by atoms with van der Waals surface area (Å²) < 4.78 is 9.35. The van der Waals surface area contributed by atoms with Crippen LogP contribution in [0, 0.1) is 0 Å². The van der Waals surface area contributed by atoms with Gasteiger partial charge in [-0.1, -0.05) is 67.4 Å². The van der Waals surface area contributed by atoms with Gasteiger partial charge in [0.2, 0.25) is 0 Å². The van der Waals surface area contributed by atoms with Gasteiger partial charge in [0.15, 0.2) is 23.5 Å². The van der Waals surface area contributed by atoms with E-state index >= 15 is 0 Å². The van der Waals surface area contributed by atoms with Crippen LogP contribution < -0.4 is 0 Å². The Bertz CT molecular complexity index is 1280. The fourth-order valence-corrected chi connectivity index (χ4v) is 4.39. The Morgan fingerprint density at radius 1 is 1.11 bits per heavy atom. The number of carbonyl (C=O) groups is 1. The smallest absolute Gasteiger partial charge is 0.185 e. The molecule has 2 aromatic carbocycles. The fourth-order valence-electron chi connectivity index (χ4n) is 4.15. The van der Waals surface area contributed by atoms with Crippen LogP contribution in [0.15, 0.2) is 48.5 Å². The molecular formula is C26H29ClN6O2. The molecule has 4 rings (SSSR count). The van der Waals surface area contributed by atoms with E-state index < -0.39 is 0 Å². The number of halogens is 1. The second kappa shape index (κ2) is 11.4. The van der Waals surface area contributed by atoms with Gasteiger partial charge < -0.3 is 9.30 Å². The maximum absolute atomic E-state index is 11.8. The van der Waals surface area contributed by atoms with Crippen LogP contribution in [0.5, 0.6) is 0 Å². The van der Waals surface area contributed by atoms with E-state index in [-0.39, 0.29) is 11.4 Å². The molecule has 1 unspecified atom stereocenters. The number of aldehydes is 1. The second-order valence-electron chi connectivity index (χ2n) is 8.26. The molecule has 8 nitrogen and oxygen atoms in total. The minimum atomic E-state index is -0.327. The first kappa shape index (κ1) is 24.8. The van der Waals surface area contributed by atoms with Crippen LogP contribution in [0.25, 0.3) is 22.5 Å². The van der Waals surface area contributed by atoms with Crippen LogP contribution in [-0.2, 0) is 17.7 Å². The van der Waals surface area contributed by atoms with Crippen molar-refractivity contribution in [1.29, 1.82) is 0 Å². The number of nitrogens with zero attached hydrogens (tertiary/aromatic N) is 6. The maximum atomic E-state index is 11.8. The number of imidazole rings is 1. The van der Waals surface area contributed by atoms with E-state index in [1.54, 1.807) is 4.68 Å². The van der Waals surface area contributed by atoms with Crippen molar-refractivity contribution in [1.82, 2.24) is 29.8 Å². The maximum Gasteiger partial charge on any atom is 0.185 e. The third-order valence-electron chi connectivity index (χ3n) is 5.90. The zero-order valence-electron chi connectivity index (χ0n) is 20.2. The molecule has 182 valence electrons. The van der Waals surface area contributed by atoms with Gasteiger partial charge in [-0.2, -0.15) is 4.68 Å². The van der Waals surface area contributed by atoms with E-state index in [4.69, 9.17) is 16.3 Å². The van der Waals surface area contributed by atoms with Crippen molar-refractivity contribution in [3.8, 4) is 22.5 Å². The molecule has 0 aliphatic heterocycles. The summed E-state index contributed by atoms with van der Waals surface area (Å²) >= 11 is 6.29. The summed E-state index contributed by atoms with van der Waals surface area (Å²) in [4.78, 5) is 16.3. The highest BCUT2D eigenvalue weighted by molar-refractivity contribution is 6.31. The van der Waals surface area contributed by atoms with E-state index in [1.165, 1.54) is 0 Å². The molecule has 0 amide bonds. The van der Waals surface area contributed by atoms with Gasteiger partial charge in [0, 0.05) is 25.1 Å². The molecule has 1 atom stereocenters. The van der Waals surface area contributed by atoms with Crippen molar-refractivity contribution < 1.29 is 9.53 Å². The number of rotatable bonds is 11. The van der Waals surface area contributed by atoms with Crippen LogP contribution in [0.2, 0.25) is 5.15 Å². The average Bonchev–Trinajstić information content (AvgIpc) is 3.48. The van der Waals surface area contributed by atoms with E-state index in [1.807, 2.05) is 36.6 Å². The van der Waals surface area contributed by atoms with Crippen molar-refractivity contribution in [2.24, 2.45) is 0 Å². The number of hydrogen-bond acceptors (Lipinski definition) is 6. The van der Waals surface area contributed by atoms with Gasteiger partial charge in [-0.25, -0.2) is 4.98 Å². The van der Waals surface area contributed by atoms with Gasteiger partial charge >= 0.3 is 0 Å². The number of ether oxygens (including phenoxy) is 1. The molecule has 0 radical (unpaired) electrons. The Morgan fingerprint density at radius 3 is 2.63 bits per heavy atom. The number of unbranched alkanes of at least 4 members (excludes halogenated alkanes) is 1. The van der Waals surface area contributed by atoms with Gasteiger partial charge in [0.05, 0.1) is 0 Å². The van der Waals surface area contributed by atoms with Gasteiger partial charge in [0.1, 0.15) is 11.5 Å². The Balaban J connectivity index is 1.82. The van der Waals surface area contributed by atoms with Gasteiger partial charge in [-0.15, -0.1) is 5.10 Å². The number of hydrogen-bond donors (Lipinski definition) is 0. The summed E-state index contributed by atoms with van der Waals surface area (Å²) in [6.45, 7) is 6.98. The van der Waals surface area contributed by atoms with Crippen LogP contribution in [0.4, 0.5) is 0 Å². The molecule has 0 aliphatic carbocycles. The predicted molar refractivity (Wildman–Crippen MR) is 135 cm³/mol. The van der Waals surface area contributed by atoms with Crippen molar-refractivity contribution >= 4 is 17.9 Å². The lowest BCUT2D eigenvalue weighted by Crippen LogP contribution is -2.13. The lowest BCUT2D eigenvalue weighted by molar-refractivity contribution is 0.0159. The molecule has 0 saturated carbocycles. The average molecular weight is 493 g/mol. The van der Waals surface area contributed by atoms with Crippen molar-refractivity contribution in [3.63, 3.8) is 0 Å². The molecule has 0 N–H and O–H groups in total. The molecule has 0 fully saturated rings. The minimum Gasteiger partial charge on any atom is -0.357 e. The first-order valence-corrected chi connectivity index (χ1v) is 12.2. The third kappa shape index (κ3) is 5.33. The number of aryl methyl sites for hydroxylation is 1. The molecule has 2 aromatic heterocycles. The highest BCUT2D eigenvalue weighted by Gasteiger charge is 2.20. The Morgan fingerprint density at radius 2 is 1.91 bits per heavy atom. The summed E-state index contributed by atoms with van der Waals surface area (Å²) in [6.07, 6.45) is 3.19. The zero-order chi connectivity index (χ0) is 24.8. The minimum absolute atomic E-state index is 0.238. The monoisotopic (exact) mass is 492 g/mol. The first-order valence-electron chi connectivity index (χ1n) is 11.9. The second-order valence-corrected chi connectivity index (χ2v) is 8.62. The lowest BCUT2D eigenvalue weighted by Gasteiger charge is -2.17. The molecule has 4 aromatic rings. The van der Waals surface area contributed by atoms with Crippen molar-refractivity contribution in [2.45, 2.75) is 52.8 Å². The number of carbonyl (C=O) groups excluding carboxylic acids is 1. The Labute approximate surface area is 209 Å². The molecule has 9 heteroatoms. The predicted octanol–water partition coefficient (Wildman–Crippen LogP) is 5.62. The summed E-state index contributed by atoms with van der Waals surface area (Å²) in [6, 6.07) is 16.3. The molecule has 0 saturated heterocycles. The molecule has 0 aliphatic rings. The fraction of sp³-hybridized carbons (Fsp3) is 0.346. The highest BCUT2D eigenvalue weighted by Crippen LogP contribution is 2.33. The SMILES string of the molecule is CCCCc1nc(Cl)c(C=O)n1Cc1ccc(-c2ccccc2)c(-c2nnnn2C(C)OCC)c1. The zero-order valence-corrected chi connectivity index (χ0v) is 20.9. The van der Waals surface area contributed by atoms with Crippen LogP contribution in [0.3, 0.4) is 0 Å². The van der Waals surface area contributed by atoms with Gasteiger partial charge in [-0.05, 0) is 53.5 Å². The van der Waals surface area contributed by atoms with Gasteiger partial charge in [0.25, 0.3) is 0 Å². The standard InChI is InChI=1S/C26H29ClN6O2/c1-4-6-12-24-28-25(27)23(17-34)32(24)16-19-13-14-21(20-10-8-7-9-11-20)22(15-19)26-29-30-31-33(26)18(3)35-5-2/h7-11,13-15,17-18H,4-6,12,16H2,1-3H3. The molecule has 0 spiro atoms. The first-order chi connectivity index (χ1) is 17.1. The normalized spacial score (nSPS) is 12.1. The summed E-state index contributed by atoms with van der Waals surface area (Å²) in [7, 11) is 0. The van der Waals surface area contributed by atoms with E-state index in [0.717, 1.165) is 53.6 Å². The van der Waals surface area contributed by atoms with Crippen LogP contribution in [0.1, 0.15) is 61.7 Å². The quantitative estimate of drug-likeness (QED) is 0.253. The molecule has 0 bridgehead atoms. The molecule has 2 heterocycles. The number of tetrazole rings is 1. The van der Waals surface area contributed by atoms with Crippen LogP contribution in [-0.4, -0.2) is 42.7 Å². The van der Waals surface area contributed by atoms with Crippen LogP contribution >= 0.6 is 11.6 Å². The Hall–Kier alpha value is -3.36. The summed E-state index contributed by atoms with van der Waals surface area (Å²) in [5, 5.41) is 12.7. The third-order valence-corrected chi connectivity index (χ3v) is 6.18. The number of aromatic nitrogens is 6. The summed E-state index contributed by atoms with van der Waals surface area (Å²) in [5.74, 6) is 1.42. The Kier molecular flexibility index (Phi) is 8.05. The summed E-state index contributed by atoms with van der Waals surface area (Å²) in [5.41, 5.74) is 4.30. The number of benzene rings is 2. The van der Waals surface area contributed by atoms with Gasteiger partial charge in [-0.3, -0.25) is 4.79 Å².